The van der Waals surface area contributed by atoms with Crippen LogP contribution in [0.25, 0.3) is 0 Å². The van der Waals surface area contributed by atoms with Gasteiger partial charge in [0.15, 0.2) is 0 Å². The molecule has 0 bridgehead atoms. The molecule has 2 aromatic carbocycles. The summed E-state index contributed by atoms with van der Waals surface area (Å²) in [5.74, 6) is -2.92. The molecule has 0 radical (unpaired) electrons. The van der Waals surface area contributed by atoms with E-state index in [-0.39, 0.29) is 33.5 Å². The second-order valence-electron chi connectivity index (χ2n) is 8.47. The molecule has 0 saturated heterocycles. The van der Waals surface area contributed by atoms with E-state index in [1.165, 1.54) is 38.1 Å². The smallest absolute Gasteiger partial charge is 0.356 e. The topological polar surface area (TPSA) is 58.2 Å². The summed E-state index contributed by atoms with van der Waals surface area (Å²) in [6.45, 7) is 3.83. The van der Waals surface area contributed by atoms with Gasteiger partial charge in [0.25, 0.3) is 0 Å². The fourth-order valence-electron chi connectivity index (χ4n) is 3.10. The Morgan fingerprint density at radius 1 is 0.707 bits per heavy atom. The summed E-state index contributed by atoms with van der Waals surface area (Å²) >= 11 is 0. The molecule has 0 fully saturated rings. The zero-order valence-corrected chi connectivity index (χ0v) is 24.8. The molecule has 41 heavy (non-hydrogen) atoms. The predicted molar refractivity (Wildman–Crippen MR) is 148 cm³/mol. The predicted octanol–water partition coefficient (Wildman–Crippen LogP) is 6.28. The van der Waals surface area contributed by atoms with Crippen molar-refractivity contribution in [2.24, 2.45) is 0 Å². The summed E-state index contributed by atoms with van der Waals surface area (Å²) < 4.78 is 51.1. The van der Waals surface area contributed by atoms with Gasteiger partial charge in [0.05, 0.1) is 0 Å². The number of carbonyl (C=O) groups excluding carboxylic acids is 2. The van der Waals surface area contributed by atoms with Gasteiger partial charge >= 0.3 is 21.7 Å². The van der Waals surface area contributed by atoms with E-state index in [1.807, 2.05) is 36.4 Å². The number of halogens is 4. The van der Waals surface area contributed by atoms with Crippen molar-refractivity contribution >= 4 is 11.8 Å². The van der Waals surface area contributed by atoms with E-state index in [1.54, 1.807) is 0 Å². The van der Waals surface area contributed by atoms with Crippen molar-refractivity contribution in [1.82, 2.24) is 10.6 Å². The minimum absolute atomic E-state index is 0. The number of benzene rings is 2. The number of rotatable bonds is 8. The van der Waals surface area contributed by atoms with E-state index in [2.05, 4.69) is 34.9 Å². The van der Waals surface area contributed by atoms with Gasteiger partial charge in [0, 0.05) is 50.2 Å². The molecule has 2 N–H and O–H groups in total. The van der Waals surface area contributed by atoms with Gasteiger partial charge in [0.2, 0.25) is 11.8 Å². The maximum absolute atomic E-state index is 13.1. The Kier molecular flexibility index (Phi) is 21.6. The normalized spacial score (nSPS) is 11.7. The standard InChI is InChI=1S/2C11H12F2NO.2C5H5.Ti/c2*1-8(15)14-6-2-3-9-4-5-10(12)7-11(9)13;2*1-2-4-5-3-1;/h2*4-5H,2-3,6H2,1H3,(H,14,15);2*1-3H,4H2;/q4*-1;+4. The molecular formula is C32H34F4N2O2Ti. The van der Waals surface area contributed by atoms with Crippen LogP contribution >= 0.6 is 0 Å². The number of nitrogens with one attached hydrogen (secondary N) is 2. The molecule has 0 spiro atoms. The Morgan fingerprint density at radius 2 is 1.10 bits per heavy atom. The fourth-order valence-corrected chi connectivity index (χ4v) is 3.10. The molecular weight excluding hydrogens is 568 g/mol. The van der Waals surface area contributed by atoms with Crippen LogP contribution in [0.5, 0.6) is 0 Å². The van der Waals surface area contributed by atoms with Crippen LogP contribution in [0.2, 0.25) is 0 Å². The van der Waals surface area contributed by atoms with E-state index in [0.29, 0.717) is 49.9 Å². The van der Waals surface area contributed by atoms with Crippen molar-refractivity contribution < 1.29 is 48.9 Å². The monoisotopic (exact) mass is 602 g/mol. The minimum Gasteiger partial charge on any atom is -0.356 e. The molecule has 2 amide bonds. The average molecular weight is 602 g/mol. The summed E-state index contributed by atoms with van der Waals surface area (Å²) in [5, 5.41) is 5.20. The zero-order valence-electron chi connectivity index (χ0n) is 23.3. The van der Waals surface area contributed by atoms with E-state index in [0.717, 1.165) is 12.8 Å². The van der Waals surface area contributed by atoms with Crippen molar-refractivity contribution in [3.63, 3.8) is 0 Å². The summed E-state index contributed by atoms with van der Waals surface area (Å²) in [7, 11) is 0. The van der Waals surface area contributed by atoms with Crippen molar-refractivity contribution in [3.05, 3.63) is 119 Å². The number of aryl methyl sites for hydroxylation is 2. The van der Waals surface area contributed by atoms with Crippen LogP contribution in [0.1, 0.15) is 50.7 Å². The Hall–Kier alpha value is -3.23. The number of allylic oxidation sites excluding steroid dienone is 8. The summed E-state index contributed by atoms with van der Waals surface area (Å²) in [4.78, 5) is 21.1. The Balaban J connectivity index is 0.000000573. The number of hydrogen-bond donors (Lipinski definition) is 2. The van der Waals surface area contributed by atoms with Crippen LogP contribution < -0.4 is 10.6 Å². The van der Waals surface area contributed by atoms with Crippen molar-refractivity contribution in [2.45, 2.75) is 52.4 Å². The van der Waals surface area contributed by atoms with Crippen LogP contribution in [0.3, 0.4) is 0 Å². The summed E-state index contributed by atoms with van der Waals surface area (Å²) in [5.41, 5.74) is 0.837. The second kappa shape index (κ2) is 23.5. The molecule has 0 heterocycles. The molecule has 0 aromatic heterocycles. The van der Waals surface area contributed by atoms with Crippen LogP contribution in [-0.4, -0.2) is 24.9 Å². The van der Waals surface area contributed by atoms with Gasteiger partial charge < -0.3 is 10.6 Å². The maximum Gasteiger partial charge on any atom is 4.00 e. The third-order valence-electron chi connectivity index (χ3n) is 5.05. The quantitative estimate of drug-likeness (QED) is 0.162. The zero-order chi connectivity index (χ0) is 29.6. The molecule has 2 aliphatic rings. The first kappa shape index (κ1) is 37.8. The molecule has 2 aromatic rings. The minimum atomic E-state index is -0.696. The van der Waals surface area contributed by atoms with Crippen LogP contribution in [0.4, 0.5) is 17.6 Å². The number of hydrogen-bond acceptors (Lipinski definition) is 2. The molecule has 4 rings (SSSR count). The first-order valence-corrected chi connectivity index (χ1v) is 12.8. The van der Waals surface area contributed by atoms with Gasteiger partial charge in [-0.3, -0.25) is 21.7 Å². The van der Waals surface area contributed by atoms with Gasteiger partial charge in [0.1, 0.15) is 0 Å². The Bertz CT molecular complexity index is 1070. The van der Waals surface area contributed by atoms with Gasteiger partial charge in [-0.05, 0) is 12.8 Å². The molecule has 0 aliphatic heterocycles. The van der Waals surface area contributed by atoms with Gasteiger partial charge in [-0.25, -0.2) is 41.9 Å². The molecule has 2 aliphatic carbocycles. The van der Waals surface area contributed by atoms with E-state index in [9.17, 15) is 27.2 Å². The summed E-state index contributed by atoms with van der Waals surface area (Å²) in [6.07, 6.45) is 22.2. The average Bonchev–Trinajstić information content (AvgIpc) is 3.67. The molecule has 216 valence electrons. The van der Waals surface area contributed by atoms with Crippen molar-refractivity contribution in [2.75, 3.05) is 13.1 Å². The number of amides is 2. The SMILES string of the molecule is CC(=O)NCCCc1ccc(F)[c-]c1F.CC(=O)NCCCc1ccc(F)[c-]c1F.[C-]1=CC=CC1.[C-]1=CC=CC1.[Ti+4]. The van der Waals surface area contributed by atoms with E-state index < -0.39 is 23.3 Å². The number of carbonyl (C=O) groups is 2. The van der Waals surface area contributed by atoms with E-state index >= 15 is 0 Å². The fraction of sp³-hybridized carbons (Fsp3) is 0.312. The van der Waals surface area contributed by atoms with Crippen LogP contribution in [0, 0.1) is 47.6 Å². The largest absolute Gasteiger partial charge is 4.00 e. The molecule has 0 saturated carbocycles. The first-order valence-electron chi connectivity index (χ1n) is 12.8. The van der Waals surface area contributed by atoms with Crippen LogP contribution in [0.15, 0.2) is 60.7 Å². The summed E-state index contributed by atoms with van der Waals surface area (Å²) in [6, 6.07) is 9.09. The third kappa shape index (κ3) is 20.3. The Morgan fingerprint density at radius 3 is 1.34 bits per heavy atom. The molecule has 0 atom stereocenters. The van der Waals surface area contributed by atoms with Crippen LogP contribution in [-0.2, 0) is 44.1 Å². The van der Waals surface area contributed by atoms with Gasteiger partial charge in [-0.15, -0.1) is 48.2 Å². The maximum atomic E-state index is 13.1. The van der Waals surface area contributed by atoms with Gasteiger partial charge in [-0.1, -0.05) is 12.8 Å². The first-order chi connectivity index (χ1) is 19.2. The molecule has 4 nitrogen and oxygen atoms in total. The molecule has 9 heteroatoms. The second-order valence-corrected chi connectivity index (χ2v) is 8.47. The van der Waals surface area contributed by atoms with Gasteiger partial charge in [-0.2, -0.15) is 24.3 Å². The Labute approximate surface area is 255 Å². The third-order valence-corrected chi connectivity index (χ3v) is 5.05. The van der Waals surface area contributed by atoms with Crippen molar-refractivity contribution in [3.8, 4) is 0 Å². The van der Waals surface area contributed by atoms with E-state index in [4.69, 9.17) is 0 Å². The molecule has 0 unspecified atom stereocenters. The van der Waals surface area contributed by atoms with Crippen molar-refractivity contribution in [1.29, 1.82) is 0 Å².